The van der Waals surface area contributed by atoms with Crippen molar-refractivity contribution in [1.82, 2.24) is 0 Å². The lowest BCUT2D eigenvalue weighted by molar-refractivity contribution is -0.108. The van der Waals surface area contributed by atoms with Crippen molar-refractivity contribution >= 4 is 22.2 Å². The minimum absolute atomic E-state index is 0.00863. The molecular formula is C12H15BrO. The first-order chi connectivity index (χ1) is 6.72. The molecule has 1 unspecified atom stereocenters. The number of carbonyl (C=O) groups excluding carboxylic acids is 1. The summed E-state index contributed by atoms with van der Waals surface area (Å²) in [6.07, 6.45) is 1.98. The van der Waals surface area contributed by atoms with Crippen LogP contribution in [0, 0.1) is 0 Å². The number of hydrogen-bond donors (Lipinski definition) is 0. The molecule has 76 valence electrons. The van der Waals surface area contributed by atoms with E-state index in [1.54, 1.807) is 0 Å². The standard InChI is InChI=1S/C12H15BrO/c1-3-11-6-10(7-13)4-5-12(11)9(2)8-14/h4-6,8-9H,3,7H2,1-2H3. The Bertz CT molecular complexity index is 320. The van der Waals surface area contributed by atoms with Gasteiger partial charge in [0.05, 0.1) is 0 Å². The second-order valence-corrected chi connectivity index (χ2v) is 4.01. The summed E-state index contributed by atoms with van der Waals surface area (Å²) in [4.78, 5) is 10.7. The Hall–Kier alpha value is -0.630. The second kappa shape index (κ2) is 5.30. The van der Waals surface area contributed by atoms with Crippen molar-refractivity contribution in [3.63, 3.8) is 0 Å². The summed E-state index contributed by atoms with van der Waals surface area (Å²) >= 11 is 3.43. The van der Waals surface area contributed by atoms with E-state index in [1.165, 1.54) is 11.1 Å². The average Bonchev–Trinajstić information content (AvgIpc) is 2.27. The van der Waals surface area contributed by atoms with E-state index in [0.717, 1.165) is 23.6 Å². The number of alkyl halides is 1. The molecule has 0 bridgehead atoms. The molecule has 0 aliphatic carbocycles. The third-order valence-corrected chi connectivity index (χ3v) is 3.08. The smallest absolute Gasteiger partial charge is 0.127 e. The molecule has 0 aliphatic heterocycles. The Morgan fingerprint density at radius 2 is 2.21 bits per heavy atom. The zero-order valence-electron chi connectivity index (χ0n) is 8.59. The SMILES string of the molecule is CCc1cc(CBr)ccc1C(C)C=O. The van der Waals surface area contributed by atoms with Gasteiger partial charge in [-0.05, 0) is 23.1 Å². The first-order valence-corrected chi connectivity index (χ1v) is 5.98. The molecule has 1 rings (SSSR count). The van der Waals surface area contributed by atoms with Crippen molar-refractivity contribution in [3.05, 3.63) is 34.9 Å². The Labute approximate surface area is 93.7 Å². The summed E-state index contributed by atoms with van der Waals surface area (Å²) in [6, 6.07) is 6.31. The fourth-order valence-electron chi connectivity index (χ4n) is 1.57. The summed E-state index contributed by atoms with van der Waals surface area (Å²) in [5.41, 5.74) is 3.71. The highest BCUT2D eigenvalue weighted by Crippen LogP contribution is 2.21. The van der Waals surface area contributed by atoms with E-state index in [2.05, 4.69) is 41.1 Å². The normalized spacial score (nSPS) is 12.5. The van der Waals surface area contributed by atoms with E-state index in [9.17, 15) is 4.79 Å². The van der Waals surface area contributed by atoms with Crippen molar-refractivity contribution in [1.29, 1.82) is 0 Å². The summed E-state index contributed by atoms with van der Waals surface area (Å²) in [5.74, 6) is 0.00863. The summed E-state index contributed by atoms with van der Waals surface area (Å²) in [7, 11) is 0. The van der Waals surface area contributed by atoms with Gasteiger partial charge in [-0.15, -0.1) is 0 Å². The molecule has 1 aromatic carbocycles. The van der Waals surface area contributed by atoms with Crippen LogP contribution in [-0.4, -0.2) is 6.29 Å². The summed E-state index contributed by atoms with van der Waals surface area (Å²) < 4.78 is 0. The largest absolute Gasteiger partial charge is 0.303 e. The van der Waals surface area contributed by atoms with E-state index in [0.29, 0.717) is 0 Å². The highest BCUT2D eigenvalue weighted by Gasteiger charge is 2.08. The molecule has 0 fully saturated rings. The van der Waals surface area contributed by atoms with E-state index in [4.69, 9.17) is 0 Å². The van der Waals surface area contributed by atoms with E-state index in [1.807, 2.05) is 6.92 Å². The van der Waals surface area contributed by atoms with Gasteiger partial charge in [-0.25, -0.2) is 0 Å². The van der Waals surface area contributed by atoms with Gasteiger partial charge in [0.1, 0.15) is 6.29 Å². The van der Waals surface area contributed by atoms with Crippen molar-refractivity contribution in [2.45, 2.75) is 31.5 Å². The number of rotatable bonds is 4. The number of halogens is 1. The third kappa shape index (κ3) is 2.44. The van der Waals surface area contributed by atoms with Crippen LogP contribution in [0.25, 0.3) is 0 Å². The maximum absolute atomic E-state index is 10.7. The van der Waals surface area contributed by atoms with Gasteiger partial charge in [-0.1, -0.05) is 48.0 Å². The lowest BCUT2D eigenvalue weighted by atomic mass is 9.94. The number of hydrogen-bond acceptors (Lipinski definition) is 1. The van der Waals surface area contributed by atoms with E-state index >= 15 is 0 Å². The lowest BCUT2D eigenvalue weighted by Crippen LogP contribution is -2.00. The minimum atomic E-state index is 0.00863. The predicted octanol–water partition coefficient (Wildman–Crippen LogP) is 3.45. The fourth-order valence-corrected chi connectivity index (χ4v) is 1.91. The zero-order chi connectivity index (χ0) is 10.6. The lowest BCUT2D eigenvalue weighted by Gasteiger charge is -2.11. The number of benzene rings is 1. The molecular weight excluding hydrogens is 240 g/mol. The molecule has 0 aliphatic rings. The molecule has 0 heterocycles. The van der Waals surface area contributed by atoms with Gasteiger partial charge in [-0.2, -0.15) is 0 Å². The van der Waals surface area contributed by atoms with Crippen molar-refractivity contribution in [3.8, 4) is 0 Å². The van der Waals surface area contributed by atoms with Crippen LogP contribution in [0.3, 0.4) is 0 Å². The topological polar surface area (TPSA) is 17.1 Å². The summed E-state index contributed by atoms with van der Waals surface area (Å²) in [5, 5.41) is 0.871. The number of aryl methyl sites for hydroxylation is 1. The molecule has 2 heteroatoms. The van der Waals surface area contributed by atoms with Crippen LogP contribution in [-0.2, 0) is 16.5 Å². The number of aldehydes is 1. The van der Waals surface area contributed by atoms with Crippen molar-refractivity contribution < 1.29 is 4.79 Å². The van der Waals surface area contributed by atoms with Gasteiger partial charge in [0.2, 0.25) is 0 Å². The molecule has 14 heavy (non-hydrogen) atoms. The molecule has 1 aromatic rings. The monoisotopic (exact) mass is 254 g/mol. The first-order valence-electron chi connectivity index (χ1n) is 4.85. The Morgan fingerprint density at radius 3 is 2.71 bits per heavy atom. The maximum Gasteiger partial charge on any atom is 0.127 e. The maximum atomic E-state index is 10.7. The molecule has 0 saturated carbocycles. The Morgan fingerprint density at radius 1 is 1.50 bits per heavy atom. The van der Waals surface area contributed by atoms with Gasteiger partial charge in [-0.3, -0.25) is 0 Å². The molecule has 1 atom stereocenters. The van der Waals surface area contributed by atoms with Crippen LogP contribution in [0.15, 0.2) is 18.2 Å². The van der Waals surface area contributed by atoms with Crippen LogP contribution < -0.4 is 0 Å². The Balaban J connectivity index is 3.10. The van der Waals surface area contributed by atoms with Gasteiger partial charge in [0.15, 0.2) is 0 Å². The van der Waals surface area contributed by atoms with E-state index in [-0.39, 0.29) is 5.92 Å². The zero-order valence-corrected chi connectivity index (χ0v) is 10.2. The Kier molecular flexibility index (Phi) is 4.33. The van der Waals surface area contributed by atoms with Crippen LogP contribution in [0.1, 0.15) is 36.5 Å². The van der Waals surface area contributed by atoms with Gasteiger partial charge >= 0.3 is 0 Å². The molecule has 0 amide bonds. The van der Waals surface area contributed by atoms with Crippen molar-refractivity contribution in [2.75, 3.05) is 0 Å². The van der Waals surface area contributed by atoms with Crippen LogP contribution in [0.4, 0.5) is 0 Å². The highest BCUT2D eigenvalue weighted by atomic mass is 79.9. The average molecular weight is 255 g/mol. The molecule has 0 aromatic heterocycles. The third-order valence-electron chi connectivity index (χ3n) is 2.44. The molecule has 0 radical (unpaired) electrons. The molecule has 0 spiro atoms. The van der Waals surface area contributed by atoms with Gasteiger partial charge in [0, 0.05) is 11.2 Å². The molecule has 1 nitrogen and oxygen atoms in total. The van der Waals surface area contributed by atoms with Gasteiger partial charge < -0.3 is 4.79 Å². The van der Waals surface area contributed by atoms with Crippen molar-refractivity contribution in [2.24, 2.45) is 0 Å². The molecule has 0 saturated heterocycles. The van der Waals surface area contributed by atoms with E-state index < -0.39 is 0 Å². The van der Waals surface area contributed by atoms with Crippen LogP contribution in [0.2, 0.25) is 0 Å². The number of carbonyl (C=O) groups is 1. The predicted molar refractivity (Wildman–Crippen MR) is 62.9 cm³/mol. The van der Waals surface area contributed by atoms with Gasteiger partial charge in [0.25, 0.3) is 0 Å². The first kappa shape index (κ1) is 11.4. The summed E-state index contributed by atoms with van der Waals surface area (Å²) in [6.45, 7) is 4.06. The minimum Gasteiger partial charge on any atom is -0.303 e. The fraction of sp³-hybridized carbons (Fsp3) is 0.417. The quantitative estimate of drug-likeness (QED) is 0.595. The van der Waals surface area contributed by atoms with Crippen LogP contribution >= 0.6 is 15.9 Å². The highest BCUT2D eigenvalue weighted by molar-refractivity contribution is 9.08. The molecule has 0 N–H and O–H groups in total. The second-order valence-electron chi connectivity index (χ2n) is 3.45. The van der Waals surface area contributed by atoms with Crippen LogP contribution in [0.5, 0.6) is 0 Å².